The summed E-state index contributed by atoms with van der Waals surface area (Å²) < 4.78 is 33.1. The molecule has 0 saturated carbocycles. The Bertz CT molecular complexity index is 830. The molecule has 1 fully saturated rings. The summed E-state index contributed by atoms with van der Waals surface area (Å²) in [6, 6.07) is 9.13. The first-order valence-corrected chi connectivity index (χ1v) is 9.84. The zero-order chi connectivity index (χ0) is 18.0. The average Bonchev–Trinajstić information content (AvgIpc) is 2.54. The van der Waals surface area contributed by atoms with Gasteiger partial charge in [-0.3, -0.25) is 0 Å². The second-order valence-corrected chi connectivity index (χ2v) is 8.43. The highest BCUT2D eigenvalue weighted by atomic mass is 32.2. The monoisotopic (exact) mass is 361 g/mol. The maximum absolute atomic E-state index is 12.8. The highest BCUT2D eigenvalue weighted by Gasteiger charge is 2.31. The van der Waals surface area contributed by atoms with Crippen LogP contribution in [0.5, 0.6) is 6.01 Å². The van der Waals surface area contributed by atoms with Crippen LogP contribution in [0.1, 0.15) is 29.8 Å². The molecule has 2 heterocycles. The molecule has 1 aromatic carbocycles. The van der Waals surface area contributed by atoms with E-state index in [0.717, 1.165) is 29.8 Å². The molecule has 1 unspecified atom stereocenters. The number of hydrogen-bond acceptors (Lipinski definition) is 5. The molecule has 0 spiro atoms. The van der Waals surface area contributed by atoms with Crippen molar-refractivity contribution in [3.8, 4) is 6.01 Å². The van der Waals surface area contributed by atoms with Crippen LogP contribution in [0.25, 0.3) is 0 Å². The number of aryl methyl sites for hydroxylation is 3. The van der Waals surface area contributed by atoms with Crippen LogP contribution in [0.2, 0.25) is 0 Å². The summed E-state index contributed by atoms with van der Waals surface area (Å²) >= 11 is 0. The van der Waals surface area contributed by atoms with E-state index >= 15 is 0 Å². The van der Waals surface area contributed by atoms with E-state index in [4.69, 9.17) is 4.74 Å². The number of piperidine rings is 1. The number of hydrogen-bond donors (Lipinski definition) is 0. The van der Waals surface area contributed by atoms with Crippen molar-refractivity contribution in [3.05, 3.63) is 47.3 Å². The molecule has 0 aliphatic carbocycles. The summed E-state index contributed by atoms with van der Waals surface area (Å²) in [4.78, 5) is 8.88. The van der Waals surface area contributed by atoms with Gasteiger partial charge in [0.1, 0.15) is 6.10 Å². The minimum absolute atomic E-state index is 0.241. The fraction of sp³-hybridized carbons (Fsp3) is 0.444. The van der Waals surface area contributed by atoms with Crippen LogP contribution >= 0.6 is 0 Å². The summed E-state index contributed by atoms with van der Waals surface area (Å²) in [6.07, 6.45) is 1.30. The summed E-state index contributed by atoms with van der Waals surface area (Å²) in [5, 5.41) is 0. The van der Waals surface area contributed by atoms with Gasteiger partial charge < -0.3 is 4.74 Å². The third-order valence-electron chi connectivity index (χ3n) is 4.23. The lowest BCUT2D eigenvalue weighted by Gasteiger charge is -2.31. The zero-order valence-corrected chi connectivity index (χ0v) is 15.6. The molecule has 1 aliphatic rings. The fourth-order valence-electron chi connectivity index (χ4n) is 2.97. The van der Waals surface area contributed by atoms with E-state index in [2.05, 4.69) is 9.97 Å². The number of ether oxygens (including phenoxy) is 1. The Hall–Kier alpha value is -1.99. The van der Waals surface area contributed by atoms with Gasteiger partial charge >= 0.3 is 6.01 Å². The second kappa shape index (κ2) is 7.09. The maximum Gasteiger partial charge on any atom is 0.317 e. The van der Waals surface area contributed by atoms with Crippen molar-refractivity contribution >= 4 is 10.0 Å². The third kappa shape index (κ3) is 4.16. The number of nitrogens with zero attached hydrogens (tertiary/aromatic N) is 3. The Kier molecular flexibility index (Phi) is 5.06. The predicted octanol–water partition coefficient (Wildman–Crippen LogP) is 2.63. The van der Waals surface area contributed by atoms with Gasteiger partial charge in [0.15, 0.2) is 0 Å². The lowest BCUT2D eigenvalue weighted by molar-refractivity contribution is 0.119. The predicted molar refractivity (Wildman–Crippen MR) is 95.1 cm³/mol. The summed E-state index contributed by atoms with van der Waals surface area (Å²) in [6.45, 7) is 6.52. The smallest absolute Gasteiger partial charge is 0.317 e. The molecule has 6 nitrogen and oxygen atoms in total. The van der Waals surface area contributed by atoms with Gasteiger partial charge in [0.25, 0.3) is 0 Å². The highest BCUT2D eigenvalue weighted by Crippen LogP contribution is 2.23. The van der Waals surface area contributed by atoms with Crippen LogP contribution in [-0.2, 0) is 10.0 Å². The Morgan fingerprint density at radius 1 is 1.08 bits per heavy atom. The minimum atomic E-state index is -3.51. The Labute approximate surface area is 148 Å². The molecule has 134 valence electrons. The minimum Gasteiger partial charge on any atom is -0.459 e. The van der Waals surface area contributed by atoms with Crippen molar-refractivity contribution in [3.63, 3.8) is 0 Å². The molecule has 1 aliphatic heterocycles. The molecular formula is C18H23N3O3S. The van der Waals surface area contributed by atoms with Crippen LogP contribution in [0.3, 0.4) is 0 Å². The zero-order valence-electron chi connectivity index (χ0n) is 14.8. The normalized spacial score (nSPS) is 18.9. The van der Waals surface area contributed by atoms with Crippen molar-refractivity contribution in [1.29, 1.82) is 0 Å². The van der Waals surface area contributed by atoms with E-state index in [1.54, 1.807) is 12.1 Å². The number of aromatic nitrogens is 2. The fourth-order valence-corrected chi connectivity index (χ4v) is 4.48. The summed E-state index contributed by atoms with van der Waals surface area (Å²) in [5.41, 5.74) is 2.70. The highest BCUT2D eigenvalue weighted by molar-refractivity contribution is 7.89. The first-order valence-electron chi connectivity index (χ1n) is 8.40. The van der Waals surface area contributed by atoms with Crippen molar-refractivity contribution in [2.45, 2.75) is 44.6 Å². The molecule has 0 bridgehead atoms. The topological polar surface area (TPSA) is 72.4 Å². The van der Waals surface area contributed by atoms with Crippen LogP contribution in [0.15, 0.2) is 35.2 Å². The molecule has 0 radical (unpaired) electrons. The van der Waals surface area contributed by atoms with Crippen molar-refractivity contribution in [2.75, 3.05) is 13.1 Å². The van der Waals surface area contributed by atoms with E-state index in [0.29, 0.717) is 24.0 Å². The molecule has 7 heteroatoms. The van der Waals surface area contributed by atoms with Gasteiger partial charge in [-0.25, -0.2) is 18.4 Å². The van der Waals surface area contributed by atoms with Gasteiger partial charge in [-0.1, -0.05) is 17.7 Å². The lowest BCUT2D eigenvalue weighted by atomic mass is 10.1. The molecule has 0 N–H and O–H groups in total. The molecule has 1 atom stereocenters. The van der Waals surface area contributed by atoms with E-state index < -0.39 is 10.0 Å². The van der Waals surface area contributed by atoms with Crippen LogP contribution < -0.4 is 4.74 Å². The SMILES string of the molecule is Cc1ccc(S(=O)(=O)N2CCCC(Oc3nc(C)cc(C)n3)C2)cc1. The maximum atomic E-state index is 12.8. The molecule has 2 aromatic rings. The van der Waals surface area contributed by atoms with E-state index in [9.17, 15) is 8.42 Å². The molecule has 1 saturated heterocycles. The molecule has 25 heavy (non-hydrogen) atoms. The molecule has 0 amide bonds. The second-order valence-electron chi connectivity index (χ2n) is 6.49. The average molecular weight is 361 g/mol. The summed E-state index contributed by atoms with van der Waals surface area (Å²) in [7, 11) is -3.51. The Balaban J connectivity index is 1.75. The molecule has 1 aromatic heterocycles. The first-order chi connectivity index (χ1) is 11.8. The third-order valence-corrected chi connectivity index (χ3v) is 6.11. The largest absolute Gasteiger partial charge is 0.459 e. The Morgan fingerprint density at radius 2 is 1.72 bits per heavy atom. The van der Waals surface area contributed by atoms with Gasteiger partial charge in [0, 0.05) is 17.9 Å². The van der Waals surface area contributed by atoms with Gasteiger partial charge in [-0.15, -0.1) is 0 Å². The van der Waals surface area contributed by atoms with Crippen molar-refractivity contribution < 1.29 is 13.2 Å². The Morgan fingerprint density at radius 3 is 2.36 bits per heavy atom. The number of benzene rings is 1. The van der Waals surface area contributed by atoms with E-state index in [-0.39, 0.29) is 6.10 Å². The first kappa shape index (κ1) is 17.8. The van der Waals surface area contributed by atoms with Gasteiger partial charge in [0.05, 0.1) is 11.4 Å². The standard InChI is InChI=1S/C18H23N3O3S/c1-13-6-8-17(9-7-13)25(22,23)21-10-4-5-16(12-21)24-18-19-14(2)11-15(3)20-18/h6-9,11,16H,4-5,10,12H2,1-3H3. The van der Waals surface area contributed by atoms with E-state index in [1.807, 2.05) is 39.0 Å². The van der Waals surface area contributed by atoms with E-state index in [1.165, 1.54) is 4.31 Å². The number of sulfonamides is 1. The van der Waals surface area contributed by atoms with Gasteiger partial charge in [-0.05, 0) is 51.8 Å². The van der Waals surface area contributed by atoms with Gasteiger partial charge in [0.2, 0.25) is 10.0 Å². The van der Waals surface area contributed by atoms with Crippen LogP contribution in [0.4, 0.5) is 0 Å². The summed E-state index contributed by atoms with van der Waals surface area (Å²) in [5.74, 6) is 0. The quantitative estimate of drug-likeness (QED) is 0.837. The van der Waals surface area contributed by atoms with Gasteiger partial charge in [-0.2, -0.15) is 4.31 Å². The van der Waals surface area contributed by atoms with Crippen LogP contribution in [-0.4, -0.2) is 41.9 Å². The molecule has 3 rings (SSSR count). The number of rotatable bonds is 4. The van der Waals surface area contributed by atoms with Crippen molar-refractivity contribution in [2.24, 2.45) is 0 Å². The molecular weight excluding hydrogens is 338 g/mol. The lowest BCUT2D eigenvalue weighted by Crippen LogP contribution is -2.44. The van der Waals surface area contributed by atoms with Crippen molar-refractivity contribution in [1.82, 2.24) is 14.3 Å². The van der Waals surface area contributed by atoms with Crippen LogP contribution in [0, 0.1) is 20.8 Å².